The third kappa shape index (κ3) is 6.60. The zero-order valence-corrected chi connectivity index (χ0v) is 17.8. The van der Waals surface area contributed by atoms with Crippen LogP contribution in [0.2, 0.25) is 10.0 Å². The molecule has 0 unspecified atom stereocenters. The Hall–Kier alpha value is -2.33. The highest BCUT2D eigenvalue weighted by molar-refractivity contribution is 7.89. The Balaban J connectivity index is 1.89. The van der Waals surface area contributed by atoms with E-state index >= 15 is 0 Å². The minimum atomic E-state index is -3.79. The molecule has 0 aliphatic rings. The summed E-state index contributed by atoms with van der Waals surface area (Å²) in [6.45, 7) is -0.956. The maximum atomic E-state index is 12.3. The Labute approximate surface area is 178 Å². The van der Waals surface area contributed by atoms with Gasteiger partial charge in [-0.15, -0.1) is 0 Å². The number of anilines is 1. The van der Waals surface area contributed by atoms with Crippen molar-refractivity contribution in [3.8, 4) is 5.75 Å². The maximum absolute atomic E-state index is 12.3. The Kier molecular flexibility index (Phi) is 7.86. The second-order valence-electron chi connectivity index (χ2n) is 5.88. The lowest BCUT2D eigenvalue weighted by molar-refractivity contribution is -0.149. The van der Waals surface area contributed by atoms with Gasteiger partial charge in [0.1, 0.15) is 10.6 Å². The molecular weight excluding hydrogens is 443 g/mol. The highest BCUT2D eigenvalue weighted by Crippen LogP contribution is 2.26. The number of rotatable bonds is 8. The molecule has 0 aliphatic heterocycles. The van der Waals surface area contributed by atoms with E-state index in [4.69, 9.17) is 32.7 Å². The van der Waals surface area contributed by atoms with Gasteiger partial charge in [-0.1, -0.05) is 23.2 Å². The van der Waals surface area contributed by atoms with Crippen molar-refractivity contribution in [2.75, 3.05) is 32.6 Å². The fourth-order valence-electron chi connectivity index (χ4n) is 2.03. The first-order chi connectivity index (χ1) is 13.6. The Bertz CT molecular complexity index is 994. The minimum absolute atomic E-state index is 0.0162. The summed E-state index contributed by atoms with van der Waals surface area (Å²) in [5, 5.41) is 2.99. The number of hydrogen-bond acceptors (Lipinski definition) is 6. The van der Waals surface area contributed by atoms with E-state index in [1.807, 2.05) is 0 Å². The number of nitrogens with zero attached hydrogens (tertiary/aromatic N) is 1. The summed E-state index contributed by atoms with van der Waals surface area (Å²) in [5.74, 6) is -0.978. The Morgan fingerprint density at radius 3 is 2.31 bits per heavy atom. The van der Waals surface area contributed by atoms with Crippen LogP contribution >= 0.6 is 23.2 Å². The van der Waals surface area contributed by atoms with E-state index in [1.54, 1.807) is 24.3 Å². The molecule has 1 amide bonds. The molecule has 2 aromatic rings. The van der Waals surface area contributed by atoms with Crippen molar-refractivity contribution < 1.29 is 27.5 Å². The molecule has 0 bridgehead atoms. The molecule has 11 heteroatoms. The predicted octanol–water partition coefficient (Wildman–Crippen LogP) is 2.80. The molecule has 0 aromatic heterocycles. The molecule has 29 heavy (non-hydrogen) atoms. The lowest BCUT2D eigenvalue weighted by Crippen LogP contribution is -2.24. The van der Waals surface area contributed by atoms with Crippen LogP contribution in [0.5, 0.6) is 5.75 Å². The minimum Gasteiger partial charge on any atom is -0.482 e. The number of esters is 1. The van der Waals surface area contributed by atoms with Crippen LogP contribution in [0.4, 0.5) is 5.69 Å². The molecule has 0 atom stereocenters. The number of hydrogen-bond donors (Lipinski definition) is 1. The molecule has 0 spiro atoms. The van der Waals surface area contributed by atoms with Crippen LogP contribution in [0, 0.1) is 0 Å². The number of sulfonamides is 1. The molecule has 1 N–H and O–H groups in total. The summed E-state index contributed by atoms with van der Waals surface area (Å²) in [5.41, 5.74) is 0.188. The van der Waals surface area contributed by atoms with Gasteiger partial charge in [-0.3, -0.25) is 4.79 Å². The quantitative estimate of drug-likeness (QED) is 0.607. The van der Waals surface area contributed by atoms with Crippen LogP contribution < -0.4 is 10.1 Å². The van der Waals surface area contributed by atoms with Crippen molar-refractivity contribution in [1.82, 2.24) is 4.31 Å². The van der Waals surface area contributed by atoms with Crippen molar-refractivity contribution in [2.45, 2.75) is 4.90 Å². The SMILES string of the molecule is CN(C)S(=O)(=O)c1cc(NC(=O)COC(=O)COc2ccc(Cl)cc2)ccc1Cl. The van der Waals surface area contributed by atoms with E-state index in [1.165, 1.54) is 32.3 Å². The fourth-order valence-corrected chi connectivity index (χ4v) is 3.55. The van der Waals surface area contributed by atoms with Crippen molar-refractivity contribution >= 4 is 50.8 Å². The molecule has 0 heterocycles. The first-order valence-corrected chi connectivity index (χ1v) is 10.3. The Morgan fingerprint density at radius 1 is 1.03 bits per heavy atom. The van der Waals surface area contributed by atoms with Crippen LogP contribution in [-0.2, 0) is 24.3 Å². The molecule has 0 aliphatic carbocycles. The standard InChI is InChI=1S/C18H18Cl2N2O6S/c1-22(2)29(25,26)16-9-13(5-8-15(16)20)21-17(23)10-28-18(24)11-27-14-6-3-12(19)4-7-14/h3-9H,10-11H2,1-2H3,(H,21,23). The number of amides is 1. The van der Waals surface area contributed by atoms with Crippen LogP contribution in [0.25, 0.3) is 0 Å². The second-order valence-corrected chi connectivity index (χ2v) is 8.85. The lowest BCUT2D eigenvalue weighted by Gasteiger charge is -2.14. The molecular formula is C18H18Cl2N2O6S. The molecule has 2 rings (SSSR count). The van der Waals surface area contributed by atoms with Gasteiger partial charge in [0.2, 0.25) is 10.0 Å². The largest absolute Gasteiger partial charge is 0.482 e. The first-order valence-electron chi connectivity index (χ1n) is 8.15. The summed E-state index contributed by atoms with van der Waals surface area (Å²) in [6, 6.07) is 10.4. The number of carbonyl (C=O) groups excluding carboxylic acids is 2. The summed E-state index contributed by atoms with van der Waals surface area (Å²) in [4.78, 5) is 23.5. The van der Waals surface area contributed by atoms with E-state index in [9.17, 15) is 18.0 Å². The highest BCUT2D eigenvalue weighted by Gasteiger charge is 2.21. The molecule has 8 nitrogen and oxygen atoms in total. The van der Waals surface area contributed by atoms with Crippen molar-refractivity contribution in [2.24, 2.45) is 0 Å². The summed E-state index contributed by atoms with van der Waals surface area (Å²) >= 11 is 11.7. The fraction of sp³-hybridized carbons (Fsp3) is 0.222. The number of benzene rings is 2. The average Bonchev–Trinajstić information content (AvgIpc) is 2.67. The smallest absolute Gasteiger partial charge is 0.344 e. The summed E-state index contributed by atoms with van der Waals surface area (Å²) in [6.07, 6.45) is 0. The topological polar surface area (TPSA) is 102 Å². The monoisotopic (exact) mass is 460 g/mol. The zero-order valence-electron chi connectivity index (χ0n) is 15.5. The van der Waals surface area contributed by atoms with E-state index in [2.05, 4.69) is 5.32 Å². The third-order valence-electron chi connectivity index (χ3n) is 3.51. The average molecular weight is 461 g/mol. The molecule has 0 saturated heterocycles. The van der Waals surface area contributed by atoms with Crippen molar-refractivity contribution in [3.05, 3.63) is 52.5 Å². The van der Waals surface area contributed by atoms with Gasteiger partial charge in [-0.25, -0.2) is 17.5 Å². The summed E-state index contributed by atoms with van der Waals surface area (Å²) in [7, 11) is -1.06. The molecule has 0 radical (unpaired) electrons. The van der Waals surface area contributed by atoms with Gasteiger partial charge < -0.3 is 14.8 Å². The van der Waals surface area contributed by atoms with E-state index in [0.29, 0.717) is 10.8 Å². The van der Waals surface area contributed by atoms with E-state index < -0.39 is 28.5 Å². The highest BCUT2D eigenvalue weighted by atomic mass is 35.5. The van der Waals surface area contributed by atoms with E-state index in [-0.39, 0.29) is 22.2 Å². The Morgan fingerprint density at radius 2 is 1.69 bits per heavy atom. The van der Waals surface area contributed by atoms with Gasteiger partial charge in [-0.2, -0.15) is 0 Å². The van der Waals surface area contributed by atoms with Gasteiger partial charge in [-0.05, 0) is 42.5 Å². The van der Waals surface area contributed by atoms with Gasteiger partial charge >= 0.3 is 5.97 Å². The molecule has 0 fully saturated rings. The number of ether oxygens (including phenoxy) is 2. The van der Waals surface area contributed by atoms with Crippen molar-refractivity contribution in [3.63, 3.8) is 0 Å². The van der Waals surface area contributed by atoms with Gasteiger partial charge in [0.15, 0.2) is 13.2 Å². The van der Waals surface area contributed by atoms with Gasteiger partial charge in [0.05, 0.1) is 5.02 Å². The summed E-state index contributed by atoms with van der Waals surface area (Å²) < 4.78 is 35.5. The van der Waals surface area contributed by atoms with E-state index in [0.717, 1.165) is 4.31 Å². The van der Waals surface area contributed by atoms with Crippen LogP contribution in [0.15, 0.2) is 47.4 Å². The normalized spacial score (nSPS) is 11.2. The predicted molar refractivity (Wildman–Crippen MR) is 109 cm³/mol. The molecule has 0 saturated carbocycles. The number of halogens is 2. The molecule has 156 valence electrons. The van der Waals surface area contributed by atoms with Gasteiger partial charge in [0.25, 0.3) is 5.91 Å². The first kappa shape index (κ1) is 23.0. The third-order valence-corrected chi connectivity index (χ3v) is 6.06. The van der Waals surface area contributed by atoms with Crippen molar-refractivity contribution in [1.29, 1.82) is 0 Å². The second kappa shape index (κ2) is 9.93. The maximum Gasteiger partial charge on any atom is 0.344 e. The zero-order chi connectivity index (χ0) is 21.6. The number of carbonyl (C=O) groups is 2. The molecule has 2 aromatic carbocycles. The van der Waals surface area contributed by atoms with Crippen LogP contribution in [-0.4, -0.2) is 51.9 Å². The lowest BCUT2D eigenvalue weighted by atomic mass is 10.3. The van der Waals surface area contributed by atoms with Crippen LogP contribution in [0.3, 0.4) is 0 Å². The van der Waals surface area contributed by atoms with Crippen LogP contribution in [0.1, 0.15) is 0 Å². The van der Waals surface area contributed by atoms with Gasteiger partial charge in [0, 0.05) is 24.8 Å². The number of nitrogens with one attached hydrogen (secondary N) is 1.